The van der Waals surface area contributed by atoms with Gasteiger partial charge in [-0.15, -0.1) is 4.72 Å². The van der Waals surface area contributed by atoms with Crippen LogP contribution in [0.15, 0.2) is 59.6 Å². The molecule has 0 fully saturated rings. The molecule has 0 saturated heterocycles. The second-order valence-electron chi connectivity index (χ2n) is 8.39. The first kappa shape index (κ1) is 23.8. The molecule has 1 unspecified atom stereocenters. The number of imidazole rings is 1. The van der Waals surface area contributed by atoms with Crippen LogP contribution in [0.4, 0.5) is 10.1 Å². The van der Waals surface area contributed by atoms with E-state index in [2.05, 4.69) is 15.8 Å². The number of benzene rings is 2. The Morgan fingerprint density at radius 1 is 1.25 bits per heavy atom. The van der Waals surface area contributed by atoms with Crippen LogP contribution in [-0.2, 0) is 22.7 Å². The molecule has 2 atom stereocenters. The van der Waals surface area contributed by atoms with Crippen molar-refractivity contribution in [1.29, 1.82) is 5.26 Å². The van der Waals surface area contributed by atoms with Crippen LogP contribution in [0.3, 0.4) is 0 Å². The van der Waals surface area contributed by atoms with Crippen LogP contribution in [0.1, 0.15) is 23.9 Å². The first-order valence-corrected chi connectivity index (χ1v) is 12.3. The van der Waals surface area contributed by atoms with Crippen molar-refractivity contribution in [2.24, 2.45) is 0 Å². The standard InChI is InChI=1S/C26H22FN5O3S/c1-15-23(31-13-17(12-28)7-8-24(31)30-15)14-32-22-11-19(10-21(27)25(22)35-16(2)26(32)33)18-5-4-6-20(9-18)36(34)29-3/h4-11,13,16,29H,14H2,1-3H3/t16-,36?/m1/s1. The van der Waals surface area contributed by atoms with Crippen LogP contribution in [0.25, 0.3) is 16.8 Å². The predicted octanol–water partition coefficient (Wildman–Crippen LogP) is 3.88. The first-order chi connectivity index (χ1) is 17.3. The van der Waals surface area contributed by atoms with Crippen LogP contribution in [0.5, 0.6) is 5.75 Å². The average molecular weight is 504 g/mol. The number of nitrogens with zero attached hydrogens (tertiary/aromatic N) is 4. The van der Waals surface area contributed by atoms with Crippen molar-refractivity contribution >= 4 is 28.6 Å². The van der Waals surface area contributed by atoms with E-state index in [0.717, 1.165) is 0 Å². The van der Waals surface area contributed by atoms with Gasteiger partial charge in [-0.25, -0.2) is 9.37 Å². The van der Waals surface area contributed by atoms with E-state index in [1.807, 2.05) is 6.92 Å². The molecule has 0 bridgehead atoms. The van der Waals surface area contributed by atoms with Crippen LogP contribution in [-0.4, -0.2) is 33.0 Å². The lowest BCUT2D eigenvalue weighted by Gasteiger charge is -2.33. The summed E-state index contributed by atoms with van der Waals surface area (Å²) < 4.78 is 37.7. The SMILES string of the molecule is CN[S+]([O-])c1cccc(-c2cc(F)c3c(c2)N(Cc2c(C)nc4ccc(C#N)cn24)C(=O)[C@@H](C)O3)c1. The van der Waals surface area contributed by atoms with Crippen LogP contribution in [0.2, 0.25) is 0 Å². The van der Waals surface area contributed by atoms with E-state index in [0.29, 0.717) is 44.3 Å². The number of carbonyl (C=O) groups is 1. The zero-order valence-corrected chi connectivity index (χ0v) is 20.6. The zero-order chi connectivity index (χ0) is 25.6. The van der Waals surface area contributed by atoms with Gasteiger partial charge in [0.2, 0.25) is 0 Å². The number of pyridine rings is 1. The molecule has 0 spiro atoms. The van der Waals surface area contributed by atoms with E-state index in [1.54, 1.807) is 67.0 Å². The number of ether oxygens (including phenoxy) is 1. The molecule has 3 heterocycles. The molecule has 0 saturated carbocycles. The second-order valence-corrected chi connectivity index (χ2v) is 9.81. The number of nitrogens with one attached hydrogen (secondary N) is 1. The number of aromatic nitrogens is 2. The molecular formula is C26H22FN5O3S. The fourth-order valence-electron chi connectivity index (χ4n) is 4.32. The number of amides is 1. The number of rotatable bonds is 5. The maximum Gasteiger partial charge on any atom is 0.268 e. The minimum absolute atomic E-state index is 0.00927. The summed E-state index contributed by atoms with van der Waals surface area (Å²) in [7, 11) is 1.59. The Bertz CT molecular complexity index is 1550. The number of aryl methyl sites for hydroxylation is 1. The molecular weight excluding hydrogens is 481 g/mol. The van der Waals surface area contributed by atoms with Crippen LogP contribution >= 0.6 is 0 Å². The third-order valence-electron chi connectivity index (χ3n) is 6.14. The number of nitriles is 1. The van der Waals surface area contributed by atoms with Gasteiger partial charge < -0.3 is 13.7 Å². The summed E-state index contributed by atoms with van der Waals surface area (Å²) >= 11 is -1.41. The highest BCUT2D eigenvalue weighted by Gasteiger charge is 2.35. The van der Waals surface area contributed by atoms with Gasteiger partial charge in [0.25, 0.3) is 5.91 Å². The highest BCUT2D eigenvalue weighted by Crippen LogP contribution is 2.41. The molecule has 8 nitrogen and oxygen atoms in total. The highest BCUT2D eigenvalue weighted by molar-refractivity contribution is 7.89. The summed E-state index contributed by atoms with van der Waals surface area (Å²) in [5.74, 6) is -0.937. The molecule has 2 aromatic heterocycles. The van der Waals surface area contributed by atoms with Crippen molar-refractivity contribution in [3.05, 3.63) is 77.5 Å². The number of hydrogen-bond donors (Lipinski definition) is 1. The Morgan fingerprint density at radius 3 is 2.81 bits per heavy atom. The highest BCUT2D eigenvalue weighted by atomic mass is 32.2. The van der Waals surface area contributed by atoms with E-state index in [9.17, 15) is 14.6 Å². The molecule has 182 valence electrons. The number of hydrogen-bond acceptors (Lipinski definition) is 6. The minimum atomic E-state index is -1.41. The van der Waals surface area contributed by atoms with E-state index in [4.69, 9.17) is 4.74 Å². The Kier molecular flexibility index (Phi) is 6.14. The van der Waals surface area contributed by atoms with E-state index in [-0.39, 0.29) is 18.2 Å². The number of halogens is 1. The lowest BCUT2D eigenvalue weighted by atomic mass is 10.0. The quantitative estimate of drug-likeness (QED) is 0.415. The van der Waals surface area contributed by atoms with Gasteiger partial charge in [-0.2, -0.15) is 5.26 Å². The Morgan fingerprint density at radius 2 is 2.06 bits per heavy atom. The van der Waals surface area contributed by atoms with Crippen molar-refractivity contribution < 1.29 is 18.5 Å². The van der Waals surface area contributed by atoms with Gasteiger partial charge in [-0.3, -0.25) is 9.69 Å². The van der Waals surface area contributed by atoms with Crippen molar-refractivity contribution in [3.8, 4) is 22.9 Å². The number of fused-ring (bicyclic) bond motifs is 2. The largest absolute Gasteiger partial charge is 0.593 e. The zero-order valence-electron chi connectivity index (χ0n) is 19.8. The molecule has 2 aromatic carbocycles. The third-order valence-corrected chi connectivity index (χ3v) is 7.20. The van der Waals surface area contributed by atoms with E-state index < -0.39 is 23.3 Å². The molecule has 36 heavy (non-hydrogen) atoms. The molecule has 1 amide bonds. The number of anilines is 1. The fraction of sp³-hybridized carbons (Fsp3) is 0.192. The van der Waals surface area contributed by atoms with E-state index >= 15 is 4.39 Å². The predicted molar refractivity (Wildman–Crippen MR) is 133 cm³/mol. The maximum atomic E-state index is 15.3. The topological polar surface area (TPSA) is 106 Å². The molecule has 0 aliphatic carbocycles. The van der Waals surface area contributed by atoms with Crippen molar-refractivity contribution in [2.45, 2.75) is 31.4 Å². The molecule has 1 aliphatic rings. The lowest BCUT2D eigenvalue weighted by molar-refractivity contribution is -0.125. The molecule has 1 aliphatic heterocycles. The minimum Gasteiger partial charge on any atom is -0.593 e. The molecule has 1 N–H and O–H groups in total. The summed E-state index contributed by atoms with van der Waals surface area (Å²) in [6.45, 7) is 3.51. The lowest BCUT2D eigenvalue weighted by Crippen LogP contribution is -2.44. The first-order valence-electron chi connectivity index (χ1n) is 11.2. The Balaban J connectivity index is 1.62. The summed E-state index contributed by atoms with van der Waals surface area (Å²) in [6.07, 6.45) is 0.790. The second kappa shape index (κ2) is 9.28. The summed E-state index contributed by atoms with van der Waals surface area (Å²) in [5, 5.41) is 9.33. The van der Waals surface area contributed by atoms with Gasteiger partial charge >= 0.3 is 0 Å². The summed E-state index contributed by atoms with van der Waals surface area (Å²) in [4.78, 5) is 19.9. The third kappa shape index (κ3) is 4.07. The maximum absolute atomic E-state index is 15.3. The van der Waals surface area contributed by atoms with Gasteiger partial charge in [-0.1, -0.05) is 12.1 Å². The molecule has 5 rings (SSSR count). The van der Waals surface area contributed by atoms with Gasteiger partial charge in [-0.05, 0) is 55.3 Å². The van der Waals surface area contributed by atoms with Gasteiger partial charge in [0.1, 0.15) is 11.7 Å². The van der Waals surface area contributed by atoms with Gasteiger partial charge in [0, 0.05) is 19.3 Å². The van der Waals surface area contributed by atoms with Crippen LogP contribution in [0, 0.1) is 24.1 Å². The normalized spacial score (nSPS) is 15.9. The Hall–Kier alpha value is -3.91. The molecule has 4 aromatic rings. The smallest absolute Gasteiger partial charge is 0.268 e. The van der Waals surface area contributed by atoms with Crippen molar-refractivity contribution in [1.82, 2.24) is 14.1 Å². The summed E-state index contributed by atoms with van der Waals surface area (Å²) in [6, 6.07) is 15.5. The fourth-order valence-corrected chi connectivity index (χ4v) is 4.99. The summed E-state index contributed by atoms with van der Waals surface area (Å²) in [5.41, 5.74) is 3.94. The van der Waals surface area contributed by atoms with Gasteiger partial charge in [0.15, 0.2) is 22.6 Å². The monoisotopic (exact) mass is 503 g/mol. The van der Waals surface area contributed by atoms with Crippen molar-refractivity contribution in [3.63, 3.8) is 0 Å². The van der Waals surface area contributed by atoms with Crippen molar-refractivity contribution in [2.75, 3.05) is 11.9 Å². The molecule has 0 radical (unpaired) electrons. The van der Waals surface area contributed by atoms with Crippen LogP contribution < -0.4 is 14.4 Å². The molecule has 10 heteroatoms. The Labute approximate surface area is 210 Å². The van der Waals surface area contributed by atoms with E-state index in [1.165, 1.54) is 11.0 Å². The van der Waals surface area contributed by atoms with Gasteiger partial charge in [0.05, 0.1) is 40.5 Å². The average Bonchev–Trinajstić information content (AvgIpc) is 3.20. The number of carbonyl (C=O) groups excluding carboxylic acids is 1.